The molecule has 1 amide bonds. The fourth-order valence-electron chi connectivity index (χ4n) is 10.5. The van der Waals surface area contributed by atoms with Crippen molar-refractivity contribution in [3.8, 4) is 0 Å². The Morgan fingerprint density at radius 1 is 0.436 bits per heavy atom. The summed E-state index contributed by atoms with van der Waals surface area (Å²) < 4.78 is 11.2. The van der Waals surface area contributed by atoms with Gasteiger partial charge in [0, 0.05) is 0 Å². The molecule has 0 aromatic rings. The zero-order valence-corrected chi connectivity index (χ0v) is 50.4. The fraction of sp³-hybridized carbons (Fsp3) is 0.866. The SMILES string of the molecule is CCCCCCCCCCCCCC/C=C\CCCCCCCCCCCCC(O)C(=O)NC(COC1OC(CO)C(O)C(O)C1O)C(O)C(O)CCC/C=C/CC/C=C/CC/C=C/CCCCCCCCCCCCCC. The lowest BCUT2D eigenvalue weighted by atomic mass is 9.98. The van der Waals surface area contributed by atoms with E-state index in [1.807, 2.05) is 0 Å². The largest absolute Gasteiger partial charge is 0.394 e. The number of amides is 1. The molecular weight excluding hydrogens is 979 g/mol. The number of unbranched alkanes of at least 4 members (excludes halogenated alkanes) is 37. The first kappa shape index (κ1) is 74.1. The van der Waals surface area contributed by atoms with E-state index >= 15 is 0 Å². The van der Waals surface area contributed by atoms with Crippen molar-refractivity contribution in [1.29, 1.82) is 0 Å². The summed E-state index contributed by atoms with van der Waals surface area (Å²) >= 11 is 0. The third-order valence-corrected chi connectivity index (χ3v) is 15.8. The molecule has 0 bridgehead atoms. The molecule has 9 unspecified atom stereocenters. The van der Waals surface area contributed by atoms with Crippen LogP contribution in [0.1, 0.15) is 303 Å². The number of carbonyl (C=O) groups excluding carboxylic acids is 1. The van der Waals surface area contributed by atoms with Gasteiger partial charge in [-0.2, -0.15) is 0 Å². The predicted molar refractivity (Wildman–Crippen MR) is 325 cm³/mol. The molecular formula is C67H125NO10. The summed E-state index contributed by atoms with van der Waals surface area (Å²) in [7, 11) is 0. The molecule has 0 aromatic carbocycles. The van der Waals surface area contributed by atoms with Crippen LogP contribution < -0.4 is 5.32 Å². The zero-order valence-electron chi connectivity index (χ0n) is 50.4. The van der Waals surface area contributed by atoms with Crippen LogP contribution in [0.4, 0.5) is 0 Å². The van der Waals surface area contributed by atoms with E-state index in [1.165, 1.54) is 212 Å². The molecule has 0 spiro atoms. The molecule has 1 heterocycles. The second-order valence-corrected chi connectivity index (χ2v) is 23.2. The minimum Gasteiger partial charge on any atom is -0.394 e. The van der Waals surface area contributed by atoms with E-state index < -0.39 is 74.2 Å². The molecule has 0 aromatic heterocycles. The van der Waals surface area contributed by atoms with Gasteiger partial charge in [-0.25, -0.2) is 0 Å². The standard InChI is InChI=1S/C67H125NO10/c1-3-5-7-9-11-13-15-17-19-21-23-25-27-29-31-33-35-37-39-41-43-45-47-49-51-53-55-60(71)66(76)68-58(57-77-67-65(75)64(74)63(73)61(56-69)78-67)62(72)59(70)54-52-50-48-46-44-42-40-38-36-34-32-30-28-26-24-22-20-18-16-14-12-10-8-6-4-2/h29-32,38,40,46,48,58-65,67,69-75H,3-28,33-37,39,41-45,47,49-57H2,1-2H3,(H,68,76)/b31-29-,32-30+,40-38+,48-46+. The van der Waals surface area contributed by atoms with E-state index in [1.54, 1.807) is 0 Å². The normalized spacial score (nSPS) is 19.7. The maximum absolute atomic E-state index is 13.2. The van der Waals surface area contributed by atoms with Gasteiger partial charge in [-0.1, -0.05) is 262 Å². The van der Waals surface area contributed by atoms with Gasteiger partial charge in [0.15, 0.2) is 6.29 Å². The molecule has 0 saturated carbocycles. The van der Waals surface area contributed by atoms with Crippen LogP contribution in [0.15, 0.2) is 48.6 Å². The van der Waals surface area contributed by atoms with Gasteiger partial charge >= 0.3 is 0 Å². The average Bonchev–Trinajstić information content (AvgIpc) is 3.46. The van der Waals surface area contributed by atoms with Crippen molar-refractivity contribution in [3.05, 3.63) is 48.6 Å². The highest BCUT2D eigenvalue weighted by Crippen LogP contribution is 2.23. The van der Waals surface area contributed by atoms with Crippen molar-refractivity contribution in [2.45, 2.75) is 358 Å². The molecule has 1 rings (SSSR count). The molecule has 1 fully saturated rings. The quantitative estimate of drug-likeness (QED) is 0.0215. The second kappa shape index (κ2) is 55.6. The van der Waals surface area contributed by atoms with Crippen molar-refractivity contribution in [1.82, 2.24) is 5.32 Å². The number of hydrogen-bond acceptors (Lipinski definition) is 10. The smallest absolute Gasteiger partial charge is 0.249 e. The van der Waals surface area contributed by atoms with Gasteiger partial charge in [0.2, 0.25) is 5.91 Å². The minimum atomic E-state index is -1.68. The summed E-state index contributed by atoms with van der Waals surface area (Å²) in [6, 6.07) is -1.20. The fourth-order valence-corrected chi connectivity index (χ4v) is 10.5. The van der Waals surface area contributed by atoms with Gasteiger partial charge in [-0.15, -0.1) is 0 Å². The first-order valence-corrected chi connectivity index (χ1v) is 33.0. The molecule has 0 aliphatic carbocycles. The lowest BCUT2D eigenvalue weighted by Crippen LogP contribution is -2.60. The number of ether oxygens (including phenoxy) is 2. The third-order valence-electron chi connectivity index (χ3n) is 15.8. The van der Waals surface area contributed by atoms with Crippen LogP contribution >= 0.6 is 0 Å². The number of rotatable bonds is 57. The summed E-state index contributed by atoms with van der Waals surface area (Å²) in [5.41, 5.74) is 0. The van der Waals surface area contributed by atoms with Gasteiger partial charge in [0.05, 0.1) is 25.4 Å². The maximum atomic E-state index is 13.2. The molecule has 0 radical (unpaired) electrons. The highest BCUT2D eigenvalue weighted by atomic mass is 16.7. The number of nitrogens with one attached hydrogen (secondary N) is 1. The van der Waals surface area contributed by atoms with Gasteiger partial charge in [-0.05, 0) is 89.9 Å². The predicted octanol–water partition coefficient (Wildman–Crippen LogP) is 15.2. The van der Waals surface area contributed by atoms with E-state index in [-0.39, 0.29) is 12.8 Å². The van der Waals surface area contributed by atoms with Crippen molar-refractivity contribution in [2.75, 3.05) is 13.2 Å². The Morgan fingerprint density at radius 2 is 0.769 bits per heavy atom. The van der Waals surface area contributed by atoms with Crippen LogP contribution in [-0.2, 0) is 14.3 Å². The van der Waals surface area contributed by atoms with Gasteiger partial charge in [0.25, 0.3) is 0 Å². The highest BCUT2D eigenvalue weighted by Gasteiger charge is 2.44. The Labute approximate surface area is 479 Å². The molecule has 11 heteroatoms. The summed E-state index contributed by atoms with van der Waals surface area (Å²) in [6.07, 6.45) is 60.4. The second-order valence-electron chi connectivity index (χ2n) is 23.2. The Kier molecular flexibility index (Phi) is 52.8. The Bertz CT molecular complexity index is 1410. The lowest BCUT2D eigenvalue weighted by molar-refractivity contribution is -0.303. The molecule has 458 valence electrons. The van der Waals surface area contributed by atoms with Gasteiger partial charge < -0.3 is 50.5 Å². The van der Waals surface area contributed by atoms with Crippen LogP contribution in [0.5, 0.6) is 0 Å². The summed E-state index contributed by atoms with van der Waals surface area (Å²) in [5, 5.41) is 76.3. The maximum Gasteiger partial charge on any atom is 0.249 e. The minimum absolute atomic E-state index is 0.240. The molecule has 8 N–H and O–H groups in total. The summed E-state index contributed by atoms with van der Waals surface area (Å²) in [4.78, 5) is 13.2. The molecule has 11 nitrogen and oxygen atoms in total. The van der Waals surface area contributed by atoms with Crippen LogP contribution in [0, 0.1) is 0 Å². The molecule has 1 saturated heterocycles. The van der Waals surface area contributed by atoms with Crippen molar-refractivity contribution < 1.29 is 50.0 Å². The van der Waals surface area contributed by atoms with E-state index in [9.17, 15) is 40.5 Å². The zero-order chi connectivity index (χ0) is 56.8. The molecule has 1 aliphatic heterocycles. The number of hydrogen-bond donors (Lipinski definition) is 8. The number of aliphatic hydroxyl groups excluding tert-OH is 7. The number of allylic oxidation sites excluding steroid dienone is 8. The summed E-state index contributed by atoms with van der Waals surface area (Å²) in [5.74, 6) is -0.711. The molecule has 78 heavy (non-hydrogen) atoms. The topological polar surface area (TPSA) is 189 Å². The lowest BCUT2D eigenvalue weighted by Gasteiger charge is -2.40. The number of aliphatic hydroxyl groups is 7. The van der Waals surface area contributed by atoms with E-state index in [0.717, 1.165) is 44.9 Å². The molecule has 9 atom stereocenters. The van der Waals surface area contributed by atoms with Crippen molar-refractivity contribution in [3.63, 3.8) is 0 Å². The Morgan fingerprint density at radius 3 is 1.14 bits per heavy atom. The van der Waals surface area contributed by atoms with Crippen LogP contribution in [0.25, 0.3) is 0 Å². The van der Waals surface area contributed by atoms with Crippen LogP contribution in [0.2, 0.25) is 0 Å². The van der Waals surface area contributed by atoms with Crippen molar-refractivity contribution in [2.24, 2.45) is 0 Å². The van der Waals surface area contributed by atoms with E-state index in [4.69, 9.17) is 9.47 Å². The molecule has 1 aliphatic rings. The van der Waals surface area contributed by atoms with Gasteiger partial charge in [0.1, 0.15) is 36.6 Å². The first-order valence-electron chi connectivity index (χ1n) is 33.0. The van der Waals surface area contributed by atoms with E-state index in [0.29, 0.717) is 19.3 Å². The number of carbonyl (C=O) groups is 1. The highest BCUT2D eigenvalue weighted by molar-refractivity contribution is 5.80. The average molecular weight is 1100 g/mol. The van der Waals surface area contributed by atoms with Crippen LogP contribution in [0.3, 0.4) is 0 Å². The Hall–Kier alpha value is -1.93. The van der Waals surface area contributed by atoms with E-state index in [2.05, 4.69) is 67.8 Å². The van der Waals surface area contributed by atoms with Crippen molar-refractivity contribution >= 4 is 5.91 Å². The summed E-state index contributed by atoms with van der Waals surface area (Å²) in [6.45, 7) is 3.47. The third kappa shape index (κ3) is 42.8. The first-order chi connectivity index (χ1) is 38.2. The van der Waals surface area contributed by atoms with Crippen LogP contribution in [-0.4, -0.2) is 110 Å². The van der Waals surface area contributed by atoms with Gasteiger partial charge in [-0.3, -0.25) is 4.79 Å². The monoisotopic (exact) mass is 1100 g/mol. The Balaban J connectivity index is 2.28.